The summed E-state index contributed by atoms with van der Waals surface area (Å²) in [6.45, 7) is 0. The molecule has 0 saturated heterocycles. The van der Waals surface area contributed by atoms with E-state index in [0.29, 0.717) is 0 Å². The number of benzene rings is 1. The van der Waals surface area contributed by atoms with Crippen molar-refractivity contribution in [3.05, 3.63) is 42.0 Å². The Morgan fingerprint density at radius 1 is 1.41 bits per heavy atom. The second kappa shape index (κ2) is 3.80. The lowest BCUT2D eigenvalue weighted by molar-refractivity contribution is 0.0345. The molecule has 1 aliphatic carbocycles. The highest BCUT2D eigenvalue weighted by molar-refractivity contribution is 5.61. The molecule has 3 atom stereocenters. The zero-order chi connectivity index (χ0) is 11.8. The van der Waals surface area contributed by atoms with E-state index in [4.69, 9.17) is 9.84 Å². The monoisotopic (exact) mass is 231 g/mol. The first-order valence-corrected chi connectivity index (χ1v) is 5.67. The predicted molar refractivity (Wildman–Crippen MR) is 63.0 cm³/mol. The van der Waals surface area contributed by atoms with Gasteiger partial charge in [-0.3, -0.25) is 0 Å². The van der Waals surface area contributed by atoms with Crippen LogP contribution < -0.4 is 5.32 Å². The molecule has 3 rings (SSSR count). The second-order valence-corrected chi connectivity index (χ2v) is 4.39. The standard InChI is InChI=1S/C13H13NO3/c15-13(16)17-12-10-6-3-5-8(10)9-4-1-2-7-11(9)14-12/h1-5,7-8,10,12,14H,6H2,(H,15,16). The number of hydrogen-bond acceptors (Lipinski definition) is 3. The fourth-order valence-electron chi connectivity index (χ4n) is 2.72. The van der Waals surface area contributed by atoms with Crippen molar-refractivity contribution in [1.29, 1.82) is 0 Å². The summed E-state index contributed by atoms with van der Waals surface area (Å²) in [4.78, 5) is 10.7. The Labute approximate surface area is 98.9 Å². The minimum atomic E-state index is -1.23. The number of carbonyl (C=O) groups is 1. The van der Waals surface area contributed by atoms with Crippen LogP contribution in [0.15, 0.2) is 36.4 Å². The highest BCUT2D eigenvalue weighted by Gasteiger charge is 2.39. The zero-order valence-electron chi connectivity index (χ0n) is 9.17. The van der Waals surface area contributed by atoms with Crippen LogP contribution in [0.3, 0.4) is 0 Å². The minimum absolute atomic E-state index is 0.168. The third-order valence-corrected chi connectivity index (χ3v) is 3.45. The van der Waals surface area contributed by atoms with E-state index in [-0.39, 0.29) is 11.8 Å². The van der Waals surface area contributed by atoms with E-state index in [1.54, 1.807) is 0 Å². The predicted octanol–water partition coefficient (Wildman–Crippen LogP) is 2.79. The number of allylic oxidation sites excluding steroid dienone is 2. The number of hydrogen-bond donors (Lipinski definition) is 2. The zero-order valence-corrected chi connectivity index (χ0v) is 9.17. The molecule has 2 N–H and O–H groups in total. The molecule has 4 heteroatoms. The van der Waals surface area contributed by atoms with Crippen LogP contribution >= 0.6 is 0 Å². The van der Waals surface area contributed by atoms with Gasteiger partial charge in [-0.25, -0.2) is 4.79 Å². The van der Waals surface area contributed by atoms with Gasteiger partial charge in [0, 0.05) is 17.5 Å². The Morgan fingerprint density at radius 3 is 3.06 bits per heavy atom. The molecule has 3 unspecified atom stereocenters. The van der Waals surface area contributed by atoms with Crippen molar-refractivity contribution in [1.82, 2.24) is 0 Å². The number of nitrogens with one attached hydrogen (secondary N) is 1. The summed E-state index contributed by atoms with van der Waals surface area (Å²) in [6.07, 6.45) is 3.40. The summed E-state index contributed by atoms with van der Waals surface area (Å²) in [5, 5.41) is 11.9. The Balaban J connectivity index is 1.96. The van der Waals surface area contributed by atoms with Crippen LogP contribution in [0.1, 0.15) is 17.9 Å². The maximum atomic E-state index is 10.7. The van der Waals surface area contributed by atoms with Crippen molar-refractivity contribution in [3.63, 3.8) is 0 Å². The van der Waals surface area contributed by atoms with Crippen LogP contribution in [-0.2, 0) is 4.74 Å². The third kappa shape index (κ3) is 1.65. The minimum Gasteiger partial charge on any atom is -0.450 e. The molecule has 0 saturated carbocycles. The Morgan fingerprint density at radius 2 is 2.24 bits per heavy atom. The highest BCUT2D eigenvalue weighted by atomic mass is 16.7. The van der Waals surface area contributed by atoms with Gasteiger partial charge in [-0.1, -0.05) is 30.4 Å². The summed E-state index contributed by atoms with van der Waals surface area (Å²) in [7, 11) is 0. The van der Waals surface area contributed by atoms with Gasteiger partial charge in [0.2, 0.25) is 0 Å². The van der Waals surface area contributed by atoms with Gasteiger partial charge in [0.15, 0.2) is 6.23 Å². The molecule has 0 spiro atoms. The van der Waals surface area contributed by atoms with Crippen molar-refractivity contribution >= 4 is 11.8 Å². The molecule has 1 aromatic rings. The first kappa shape index (κ1) is 10.2. The van der Waals surface area contributed by atoms with E-state index >= 15 is 0 Å². The second-order valence-electron chi connectivity index (χ2n) is 4.39. The lowest BCUT2D eigenvalue weighted by atomic mass is 9.83. The van der Waals surface area contributed by atoms with Crippen molar-refractivity contribution in [3.8, 4) is 0 Å². The van der Waals surface area contributed by atoms with Gasteiger partial charge in [-0.15, -0.1) is 0 Å². The van der Waals surface area contributed by atoms with E-state index in [1.807, 2.05) is 18.2 Å². The van der Waals surface area contributed by atoms with Crippen LogP contribution in [0.2, 0.25) is 0 Å². The average molecular weight is 231 g/mol. The van der Waals surface area contributed by atoms with Gasteiger partial charge in [-0.2, -0.15) is 0 Å². The molecule has 4 nitrogen and oxygen atoms in total. The first-order chi connectivity index (χ1) is 8.25. The van der Waals surface area contributed by atoms with E-state index in [2.05, 4.69) is 23.5 Å². The van der Waals surface area contributed by atoms with E-state index in [1.165, 1.54) is 5.56 Å². The molecule has 0 aromatic heterocycles. The molecule has 0 amide bonds. The van der Waals surface area contributed by atoms with E-state index in [0.717, 1.165) is 12.1 Å². The largest absolute Gasteiger partial charge is 0.507 e. The van der Waals surface area contributed by atoms with Crippen molar-refractivity contribution in [2.75, 3.05) is 5.32 Å². The number of fused-ring (bicyclic) bond motifs is 3. The summed E-state index contributed by atoms with van der Waals surface area (Å²) < 4.78 is 4.93. The normalized spacial score (nSPS) is 29.1. The molecule has 2 aliphatic rings. The molecule has 0 bridgehead atoms. The Kier molecular flexibility index (Phi) is 2.28. The van der Waals surface area contributed by atoms with Crippen LogP contribution in [0.4, 0.5) is 10.5 Å². The van der Waals surface area contributed by atoms with Gasteiger partial charge in [0.1, 0.15) is 0 Å². The number of para-hydroxylation sites is 1. The Bertz CT molecular complexity index is 483. The SMILES string of the molecule is O=C(O)OC1Nc2ccccc2C2C=CCC12. The molecule has 1 aromatic carbocycles. The average Bonchev–Trinajstić information content (AvgIpc) is 2.78. The molecular formula is C13H13NO3. The fourth-order valence-corrected chi connectivity index (χ4v) is 2.72. The van der Waals surface area contributed by atoms with Gasteiger partial charge in [-0.05, 0) is 18.1 Å². The fraction of sp³-hybridized carbons (Fsp3) is 0.308. The van der Waals surface area contributed by atoms with E-state index in [9.17, 15) is 4.79 Å². The molecule has 0 fully saturated rings. The molecule has 1 aliphatic heterocycles. The quantitative estimate of drug-likeness (QED) is 0.576. The van der Waals surface area contributed by atoms with E-state index < -0.39 is 12.4 Å². The molecule has 17 heavy (non-hydrogen) atoms. The maximum absolute atomic E-state index is 10.7. The van der Waals surface area contributed by atoms with Crippen LogP contribution in [0.5, 0.6) is 0 Å². The van der Waals surface area contributed by atoms with Crippen molar-refractivity contribution in [2.24, 2.45) is 5.92 Å². The number of anilines is 1. The van der Waals surface area contributed by atoms with Gasteiger partial charge in [0.25, 0.3) is 0 Å². The highest BCUT2D eigenvalue weighted by Crippen LogP contribution is 2.44. The Hall–Kier alpha value is -1.97. The van der Waals surface area contributed by atoms with Crippen LogP contribution in [0, 0.1) is 5.92 Å². The number of carboxylic acid groups (broad SMARTS) is 1. The lowest BCUT2D eigenvalue weighted by Gasteiger charge is -2.35. The van der Waals surface area contributed by atoms with Crippen LogP contribution in [0.25, 0.3) is 0 Å². The van der Waals surface area contributed by atoms with Gasteiger partial charge >= 0.3 is 6.16 Å². The molecule has 1 heterocycles. The molecule has 88 valence electrons. The summed E-state index contributed by atoms with van der Waals surface area (Å²) in [6, 6.07) is 7.97. The summed E-state index contributed by atoms with van der Waals surface area (Å²) in [5.74, 6) is 0.429. The topological polar surface area (TPSA) is 58.6 Å². The van der Waals surface area contributed by atoms with Gasteiger partial charge in [0.05, 0.1) is 0 Å². The summed E-state index contributed by atoms with van der Waals surface area (Å²) in [5.41, 5.74) is 2.18. The first-order valence-electron chi connectivity index (χ1n) is 5.67. The van der Waals surface area contributed by atoms with Crippen molar-refractivity contribution in [2.45, 2.75) is 18.6 Å². The van der Waals surface area contributed by atoms with Gasteiger partial charge < -0.3 is 15.2 Å². The lowest BCUT2D eigenvalue weighted by Crippen LogP contribution is -2.39. The number of rotatable bonds is 1. The van der Waals surface area contributed by atoms with Crippen molar-refractivity contribution < 1.29 is 14.6 Å². The summed E-state index contributed by atoms with van der Waals surface area (Å²) >= 11 is 0. The maximum Gasteiger partial charge on any atom is 0.507 e. The molecular weight excluding hydrogens is 218 g/mol. The van der Waals surface area contributed by atoms with Crippen LogP contribution in [-0.4, -0.2) is 17.5 Å². The number of ether oxygens (including phenoxy) is 1. The molecule has 0 radical (unpaired) electrons. The third-order valence-electron chi connectivity index (χ3n) is 3.45. The smallest absolute Gasteiger partial charge is 0.450 e.